The molecule has 4 nitrogen and oxygen atoms in total. The van der Waals surface area contributed by atoms with E-state index in [1.54, 1.807) is 0 Å². The van der Waals surface area contributed by atoms with Gasteiger partial charge in [0.2, 0.25) is 0 Å². The zero-order valence-corrected chi connectivity index (χ0v) is 16.7. The topological polar surface area (TPSA) is 44.8 Å². The Balaban J connectivity index is 4.54. The second-order valence-electron chi connectivity index (χ2n) is 7.26. The molecule has 0 amide bonds. The molecule has 0 radical (unpaired) electrons. The maximum atomic E-state index is 11.8. The first-order chi connectivity index (χ1) is 10.1. The van der Waals surface area contributed by atoms with Crippen LogP contribution in [-0.4, -0.2) is 40.2 Å². The van der Waals surface area contributed by atoms with Gasteiger partial charge in [0, 0.05) is 13.2 Å². The highest BCUT2D eigenvalue weighted by molar-refractivity contribution is 6.74. The second-order valence-corrected chi connectivity index (χ2v) is 12.0. The fourth-order valence-corrected chi connectivity index (χ4v) is 3.15. The SMILES string of the molecule is CCCCOCC[C@H](CC(=O)OCC)O[Si](C)(C)C(C)(C)C. The van der Waals surface area contributed by atoms with Crippen molar-refractivity contribution in [2.45, 2.75) is 84.5 Å². The zero-order valence-electron chi connectivity index (χ0n) is 15.7. The smallest absolute Gasteiger partial charge is 0.308 e. The Morgan fingerprint density at radius 3 is 2.27 bits per heavy atom. The minimum absolute atomic E-state index is 0.110. The molecule has 0 aliphatic carbocycles. The van der Waals surface area contributed by atoms with E-state index in [1.807, 2.05) is 6.92 Å². The molecule has 0 unspecified atom stereocenters. The van der Waals surface area contributed by atoms with Crippen LogP contribution in [-0.2, 0) is 18.7 Å². The summed E-state index contributed by atoms with van der Waals surface area (Å²) in [5.74, 6) is -0.181. The van der Waals surface area contributed by atoms with Gasteiger partial charge in [-0.3, -0.25) is 4.79 Å². The number of esters is 1. The van der Waals surface area contributed by atoms with Crippen molar-refractivity contribution in [3.05, 3.63) is 0 Å². The lowest BCUT2D eigenvalue weighted by Crippen LogP contribution is -2.44. The van der Waals surface area contributed by atoms with Crippen molar-refractivity contribution < 1.29 is 18.7 Å². The molecule has 0 aromatic carbocycles. The monoisotopic (exact) mass is 332 g/mol. The van der Waals surface area contributed by atoms with E-state index in [9.17, 15) is 4.79 Å². The van der Waals surface area contributed by atoms with Crippen LogP contribution in [0.1, 0.15) is 60.3 Å². The summed E-state index contributed by atoms with van der Waals surface area (Å²) in [4.78, 5) is 11.8. The molecule has 0 bridgehead atoms. The summed E-state index contributed by atoms with van der Waals surface area (Å²) in [5.41, 5.74) is 0. The maximum Gasteiger partial charge on any atom is 0.308 e. The third-order valence-corrected chi connectivity index (χ3v) is 8.73. The first kappa shape index (κ1) is 21.6. The Labute approximate surface area is 138 Å². The summed E-state index contributed by atoms with van der Waals surface area (Å²) in [5, 5.41) is 0.128. The van der Waals surface area contributed by atoms with E-state index >= 15 is 0 Å². The number of hydrogen-bond donors (Lipinski definition) is 0. The van der Waals surface area contributed by atoms with Crippen LogP contribution in [0.3, 0.4) is 0 Å². The summed E-state index contributed by atoms with van der Waals surface area (Å²) >= 11 is 0. The first-order valence-corrected chi connectivity index (χ1v) is 11.5. The molecule has 0 N–H and O–H groups in total. The van der Waals surface area contributed by atoms with Crippen LogP contribution in [0.2, 0.25) is 18.1 Å². The predicted molar refractivity (Wildman–Crippen MR) is 93.7 cm³/mol. The fraction of sp³-hybridized carbons (Fsp3) is 0.941. The lowest BCUT2D eigenvalue weighted by molar-refractivity contribution is -0.145. The van der Waals surface area contributed by atoms with E-state index in [-0.39, 0.29) is 17.1 Å². The maximum absolute atomic E-state index is 11.8. The number of rotatable bonds is 11. The van der Waals surface area contributed by atoms with Gasteiger partial charge in [0.15, 0.2) is 8.32 Å². The van der Waals surface area contributed by atoms with E-state index in [1.165, 1.54) is 0 Å². The minimum Gasteiger partial charge on any atom is -0.466 e. The van der Waals surface area contributed by atoms with Crippen LogP contribution in [0.4, 0.5) is 0 Å². The van der Waals surface area contributed by atoms with Crippen LogP contribution in [0.25, 0.3) is 0 Å². The van der Waals surface area contributed by atoms with Crippen molar-refractivity contribution in [2.24, 2.45) is 0 Å². The van der Waals surface area contributed by atoms with Gasteiger partial charge in [-0.2, -0.15) is 0 Å². The Bertz CT molecular complexity index is 310. The molecule has 0 rings (SSSR count). The standard InChI is InChI=1S/C17H36O4Si/c1-8-10-12-19-13-11-15(14-16(18)20-9-2)21-22(6,7)17(3,4)5/h15H,8-14H2,1-7H3/t15-/m1/s1. The zero-order chi connectivity index (χ0) is 17.2. The first-order valence-electron chi connectivity index (χ1n) is 8.55. The molecular weight excluding hydrogens is 296 g/mol. The van der Waals surface area contributed by atoms with Gasteiger partial charge in [0.25, 0.3) is 0 Å². The Morgan fingerprint density at radius 1 is 1.14 bits per heavy atom. The summed E-state index contributed by atoms with van der Waals surface area (Å²) in [6.45, 7) is 16.9. The van der Waals surface area contributed by atoms with E-state index in [0.717, 1.165) is 25.9 Å². The van der Waals surface area contributed by atoms with E-state index < -0.39 is 8.32 Å². The van der Waals surface area contributed by atoms with Crippen molar-refractivity contribution in [1.82, 2.24) is 0 Å². The Hall–Kier alpha value is -0.393. The predicted octanol–water partition coefficient (Wildman–Crippen LogP) is 4.54. The molecule has 22 heavy (non-hydrogen) atoms. The molecule has 1 atom stereocenters. The molecule has 0 aromatic rings. The molecule has 5 heteroatoms. The van der Waals surface area contributed by atoms with Crippen LogP contribution in [0.15, 0.2) is 0 Å². The molecule has 0 saturated carbocycles. The van der Waals surface area contributed by atoms with E-state index in [4.69, 9.17) is 13.9 Å². The van der Waals surface area contributed by atoms with Crippen LogP contribution < -0.4 is 0 Å². The summed E-state index contributed by atoms with van der Waals surface area (Å²) in [6, 6.07) is 0. The largest absolute Gasteiger partial charge is 0.466 e. The van der Waals surface area contributed by atoms with Crippen LogP contribution >= 0.6 is 0 Å². The fourth-order valence-electron chi connectivity index (χ4n) is 1.77. The highest BCUT2D eigenvalue weighted by atomic mass is 28.4. The molecule has 0 aliphatic heterocycles. The van der Waals surface area contributed by atoms with Crippen molar-refractivity contribution >= 4 is 14.3 Å². The third kappa shape index (κ3) is 8.91. The average Bonchev–Trinajstić information content (AvgIpc) is 2.36. The second kappa shape index (κ2) is 10.4. The Morgan fingerprint density at radius 2 is 1.77 bits per heavy atom. The lowest BCUT2D eigenvalue weighted by atomic mass is 10.2. The molecule has 0 saturated heterocycles. The number of hydrogen-bond acceptors (Lipinski definition) is 4. The summed E-state index contributed by atoms with van der Waals surface area (Å²) in [6.07, 6.45) is 3.16. The summed E-state index contributed by atoms with van der Waals surface area (Å²) < 4.78 is 17.1. The van der Waals surface area contributed by atoms with E-state index in [2.05, 4.69) is 40.8 Å². The van der Waals surface area contributed by atoms with E-state index in [0.29, 0.717) is 19.6 Å². The van der Waals surface area contributed by atoms with Gasteiger partial charge < -0.3 is 13.9 Å². The highest BCUT2D eigenvalue weighted by Crippen LogP contribution is 2.38. The van der Waals surface area contributed by atoms with Gasteiger partial charge in [0.1, 0.15) is 0 Å². The van der Waals surface area contributed by atoms with Crippen LogP contribution in [0, 0.1) is 0 Å². The highest BCUT2D eigenvalue weighted by Gasteiger charge is 2.39. The van der Waals surface area contributed by atoms with Crippen molar-refractivity contribution in [2.75, 3.05) is 19.8 Å². The van der Waals surface area contributed by atoms with Crippen molar-refractivity contribution in [3.63, 3.8) is 0 Å². The quantitative estimate of drug-likeness (QED) is 0.317. The normalized spacial score (nSPS) is 14.0. The van der Waals surface area contributed by atoms with Gasteiger partial charge in [-0.25, -0.2) is 0 Å². The minimum atomic E-state index is -1.90. The molecule has 0 aromatic heterocycles. The number of carbonyl (C=O) groups excluding carboxylic acids is 1. The molecule has 0 heterocycles. The third-order valence-electron chi connectivity index (χ3n) is 4.19. The molecule has 0 aliphatic rings. The van der Waals surface area contributed by atoms with Gasteiger partial charge >= 0.3 is 5.97 Å². The molecule has 0 fully saturated rings. The number of unbranched alkanes of at least 4 members (excludes halogenated alkanes) is 1. The summed E-state index contributed by atoms with van der Waals surface area (Å²) in [7, 11) is -1.90. The van der Waals surface area contributed by atoms with Crippen molar-refractivity contribution in [1.29, 1.82) is 0 Å². The van der Waals surface area contributed by atoms with Crippen LogP contribution in [0.5, 0.6) is 0 Å². The van der Waals surface area contributed by atoms with Gasteiger partial charge in [-0.1, -0.05) is 34.1 Å². The molecule has 132 valence electrons. The van der Waals surface area contributed by atoms with Crippen molar-refractivity contribution in [3.8, 4) is 0 Å². The Kier molecular flexibility index (Phi) is 10.2. The average molecular weight is 333 g/mol. The number of carbonyl (C=O) groups is 1. The van der Waals surface area contributed by atoms with Gasteiger partial charge in [0.05, 0.1) is 19.1 Å². The lowest BCUT2D eigenvalue weighted by Gasteiger charge is -2.39. The number of ether oxygens (including phenoxy) is 2. The molecular formula is C17H36O4Si. The van der Waals surface area contributed by atoms with Gasteiger partial charge in [-0.05, 0) is 37.9 Å². The van der Waals surface area contributed by atoms with Gasteiger partial charge in [-0.15, -0.1) is 0 Å². The molecule has 0 spiro atoms.